The summed E-state index contributed by atoms with van der Waals surface area (Å²) in [5.74, 6) is 0.195. The Morgan fingerprint density at radius 1 is 1.33 bits per heavy atom. The summed E-state index contributed by atoms with van der Waals surface area (Å²) in [6, 6.07) is 1.54. The number of rotatable bonds is 6. The summed E-state index contributed by atoms with van der Waals surface area (Å²) in [5, 5.41) is 3.11. The van der Waals surface area contributed by atoms with E-state index in [0.717, 1.165) is 36.7 Å². The van der Waals surface area contributed by atoms with Crippen LogP contribution in [-0.4, -0.2) is 63.3 Å². The molecule has 7 nitrogen and oxygen atoms in total. The summed E-state index contributed by atoms with van der Waals surface area (Å²) in [4.78, 5) is 14.9. The standard InChI is InChI=1S/C16H27N3O4S/c1-5-10-19(13-6-8-17-9-7-13)16(20)14-11-15(23-12(14)2)24(21,22)18(3)4/h11,13,17H,5-10H2,1-4H3. The Balaban J connectivity index is 2.31. The van der Waals surface area contributed by atoms with Crippen molar-refractivity contribution in [1.82, 2.24) is 14.5 Å². The van der Waals surface area contributed by atoms with Crippen molar-refractivity contribution in [2.45, 2.75) is 44.2 Å². The third kappa shape index (κ3) is 3.81. The molecule has 2 rings (SSSR count). The molecule has 1 aromatic heterocycles. The summed E-state index contributed by atoms with van der Waals surface area (Å²) >= 11 is 0. The van der Waals surface area contributed by atoms with Gasteiger partial charge in [-0.3, -0.25) is 4.79 Å². The van der Waals surface area contributed by atoms with Crippen LogP contribution in [0.5, 0.6) is 0 Å². The van der Waals surface area contributed by atoms with E-state index < -0.39 is 10.0 Å². The lowest BCUT2D eigenvalue weighted by atomic mass is 10.0. The molecule has 1 fully saturated rings. The minimum atomic E-state index is -3.69. The molecule has 0 spiro atoms. The van der Waals surface area contributed by atoms with Crippen molar-refractivity contribution < 1.29 is 17.6 Å². The molecule has 0 unspecified atom stereocenters. The van der Waals surface area contributed by atoms with Gasteiger partial charge in [-0.2, -0.15) is 0 Å². The van der Waals surface area contributed by atoms with Crippen molar-refractivity contribution >= 4 is 15.9 Å². The maximum atomic E-state index is 13.0. The average molecular weight is 357 g/mol. The fourth-order valence-electron chi connectivity index (χ4n) is 2.94. The largest absolute Gasteiger partial charge is 0.448 e. The van der Waals surface area contributed by atoms with Gasteiger partial charge in [-0.15, -0.1) is 0 Å². The fourth-order valence-corrected chi connectivity index (χ4v) is 3.80. The van der Waals surface area contributed by atoms with E-state index in [2.05, 4.69) is 5.32 Å². The van der Waals surface area contributed by atoms with Crippen LogP contribution < -0.4 is 5.32 Å². The first kappa shape index (κ1) is 19.0. The van der Waals surface area contributed by atoms with Crippen LogP contribution in [-0.2, 0) is 10.0 Å². The third-order valence-corrected chi connectivity index (χ3v) is 6.01. The summed E-state index contributed by atoms with van der Waals surface area (Å²) in [6.45, 7) is 6.11. The zero-order chi connectivity index (χ0) is 17.9. The van der Waals surface area contributed by atoms with Crippen LogP contribution in [0.3, 0.4) is 0 Å². The molecule has 0 saturated carbocycles. The number of hydrogen-bond donors (Lipinski definition) is 1. The lowest BCUT2D eigenvalue weighted by Gasteiger charge is -2.34. The van der Waals surface area contributed by atoms with E-state index in [9.17, 15) is 13.2 Å². The third-order valence-electron chi connectivity index (χ3n) is 4.34. The Morgan fingerprint density at radius 2 is 1.96 bits per heavy atom. The van der Waals surface area contributed by atoms with Gasteiger partial charge in [0.25, 0.3) is 15.9 Å². The number of nitrogens with one attached hydrogen (secondary N) is 1. The van der Waals surface area contributed by atoms with Gasteiger partial charge in [-0.25, -0.2) is 12.7 Å². The highest BCUT2D eigenvalue weighted by molar-refractivity contribution is 7.88. The zero-order valence-corrected chi connectivity index (χ0v) is 15.6. The monoisotopic (exact) mass is 357 g/mol. The normalized spacial score (nSPS) is 16.5. The number of hydrogen-bond acceptors (Lipinski definition) is 5. The second-order valence-electron chi connectivity index (χ2n) is 6.30. The highest BCUT2D eigenvalue weighted by Gasteiger charge is 2.30. The molecule has 0 aliphatic carbocycles. The van der Waals surface area contributed by atoms with Gasteiger partial charge in [0.15, 0.2) is 0 Å². The first-order valence-electron chi connectivity index (χ1n) is 8.33. The van der Waals surface area contributed by atoms with Gasteiger partial charge in [0, 0.05) is 32.7 Å². The van der Waals surface area contributed by atoms with Crippen LogP contribution in [0.15, 0.2) is 15.6 Å². The van der Waals surface area contributed by atoms with Crippen molar-refractivity contribution in [2.75, 3.05) is 33.7 Å². The molecule has 1 saturated heterocycles. The van der Waals surface area contributed by atoms with E-state index in [-0.39, 0.29) is 17.0 Å². The zero-order valence-electron chi connectivity index (χ0n) is 14.8. The SMILES string of the molecule is CCCN(C(=O)c1cc(S(=O)(=O)N(C)C)oc1C)C1CCNCC1. The van der Waals surface area contributed by atoms with E-state index in [0.29, 0.717) is 17.9 Å². The lowest BCUT2D eigenvalue weighted by molar-refractivity contribution is 0.0641. The minimum Gasteiger partial charge on any atom is -0.448 e. The van der Waals surface area contributed by atoms with Crippen LogP contribution in [0.25, 0.3) is 0 Å². The van der Waals surface area contributed by atoms with Crippen LogP contribution in [0.4, 0.5) is 0 Å². The van der Waals surface area contributed by atoms with Gasteiger partial charge >= 0.3 is 0 Å². The number of carbonyl (C=O) groups is 1. The molecule has 136 valence electrons. The van der Waals surface area contributed by atoms with Gasteiger partial charge in [0.1, 0.15) is 5.76 Å². The molecule has 0 bridgehead atoms. The quantitative estimate of drug-likeness (QED) is 0.833. The fraction of sp³-hybridized carbons (Fsp3) is 0.688. The Hall–Kier alpha value is -1.38. The van der Waals surface area contributed by atoms with Crippen LogP contribution in [0, 0.1) is 6.92 Å². The molecule has 0 aromatic carbocycles. The second-order valence-corrected chi connectivity index (χ2v) is 8.39. The molecule has 2 heterocycles. The highest BCUT2D eigenvalue weighted by Crippen LogP contribution is 2.24. The molecular weight excluding hydrogens is 330 g/mol. The van der Waals surface area contributed by atoms with E-state index >= 15 is 0 Å². The number of amides is 1. The summed E-state index contributed by atoms with van der Waals surface area (Å²) < 4.78 is 30.9. The summed E-state index contributed by atoms with van der Waals surface area (Å²) in [7, 11) is -0.814. The molecule has 1 aromatic rings. The van der Waals surface area contributed by atoms with Crippen molar-refractivity contribution in [3.05, 3.63) is 17.4 Å². The Morgan fingerprint density at radius 3 is 2.50 bits per heavy atom. The van der Waals surface area contributed by atoms with Crippen LogP contribution in [0.2, 0.25) is 0 Å². The van der Waals surface area contributed by atoms with Crippen molar-refractivity contribution in [3.8, 4) is 0 Å². The summed E-state index contributed by atoms with van der Waals surface area (Å²) in [6.07, 6.45) is 2.67. The maximum Gasteiger partial charge on any atom is 0.275 e. The van der Waals surface area contributed by atoms with Gasteiger partial charge in [-0.05, 0) is 39.3 Å². The predicted molar refractivity (Wildman–Crippen MR) is 91.5 cm³/mol. The van der Waals surface area contributed by atoms with Crippen LogP contribution >= 0.6 is 0 Å². The first-order chi connectivity index (χ1) is 11.3. The minimum absolute atomic E-state index is 0.148. The van der Waals surface area contributed by atoms with E-state index in [1.807, 2.05) is 11.8 Å². The number of piperidine rings is 1. The van der Waals surface area contributed by atoms with Crippen molar-refractivity contribution in [3.63, 3.8) is 0 Å². The maximum absolute atomic E-state index is 13.0. The molecular formula is C16H27N3O4S. The Labute approximate surface area is 144 Å². The number of carbonyl (C=O) groups excluding carboxylic acids is 1. The van der Waals surface area contributed by atoms with Crippen LogP contribution in [0.1, 0.15) is 42.3 Å². The topological polar surface area (TPSA) is 82.9 Å². The average Bonchev–Trinajstić information content (AvgIpc) is 2.95. The second kappa shape index (κ2) is 7.67. The molecule has 1 aliphatic rings. The lowest BCUT2D eigenvalue weighted by Crippen LogP contribution is -2.46. The van der Waals surface area contributed by atoms with Gasteiger partial charge < -0.3 is 14.6 Å². The molecule has 0 atom stereocenters. The van der Waals surface area contributed by atoms with Gasteiger partial charge in [0.2, 0.25) is 5.09 Å². The number of sulfonamides is 1. The molecule has 1 aliphatic heterocycles. The van der Waals surface area contributed by atoms with Gasteiger partial charge in [-0.1, -0.05) is 6.92 Å². The smallest absolute Gasteiger partial charge is 0.275 e. The van der Waals surface area contributed by atoms with Crippen molar-refractivity contribution in [2.24, 2.45) is 0 Å². The van der Waals surface area contributed by atoms with E-state index in [1.165, 1.54) is 20.2 Å². The molecule has 0 radical (unpaired) electrons. The van der Waals surface area contributed by atoms with Crippen molar-refractivity contribution in [1.29, 1.82) is 0 Å². The molecule has 1 amide bonds. The van der Waals surface area contributed by atoms with E-state index in [1.54, 1.807) is 6.92 Å². The number of aryl methyl sites for hydroxylation is 1. The predicted octanol–water partition coefficient (Wildman–Crippen LogP) is 1.44. The Kier molecular flexibility index (Phi) is 6.06. The summed E-state index contributed by atoms with van der Waals surface area (Å²) in [5.41, 5.74) is 0.336. The first-order valence-corrected chi connectivity index (χ1v) is 9.77. The molecule has 1 N–H and O–H groups in total. The van der Waals surface area contributed by atoms with Gasteiger partial charge in [0.05, 0.1) is 5.56 Å². The Bertz CT molecular complexity index is 675. The van der Waals surface area contributed by atoms with E-state index in [4.69, 9.17) is 4.42 Å². The molecule has 24 heavy (non-hydrogen) atoms. The highest BCUT2D eigenvalue weighted by atomic mass is 32.2. The number of furan rings is 1. The molecule has 8 heteroatoms. The number of nitrogens with zero attached hydrogens (tertiary/aromatic N) is 2.